The van der Waals surface area contributed by atoms with E-state index in [0.717, 1.165) is 4.68 Å². The molecule has 0 fully saturated rings. The molecule has 1 aromatic rings. The fourth-order valence-electron chi connectivity index (χ4n) is 1.67. The fraction of sp³-hybridized carbons (Fsp3) is 0.571. The Morgan fingerprint density at radius 3 is 2.29 bits per heavy atom. The van der Waals surface area contributed by atoms with Crippen LogP contribution in [0.5, 0.6) is 0 Å². The molecule has 0 saturated heterocycles. The zero-order chi connectivity index (χ0) is 16.4. The van der Waals surface area contributed by atoms with Crippen LogP contribution in [0.4, 0.5) is 0 Å². The summed E-state index contributed by atoms with van der Waals surface area (Å²) in [5.74, 6) is -1.17. The van der Waals surface area contributed by atoms with Crippen molar-refractivity contribution in [1.29, 1.82) is 0 Å². The van der Waals surface area contributed by atoms with E-state index in [9.17, 15) is 19.2 Å². The number of nitrogens with one attached hydrogen (secondary N) is 1. The summed E-state index contributed by atoms with van der Waals surface area (Å²) < 4.78 is 5.77. The SMILES string of the molecule is CCOC(=O)C(C)(C)C(=O)Cn1[nH]c(=O)c(C)c(C)c1=O. The van der Waals surface area contributed by atoms with Crippen molar-refractivity contribution in [3.8, 4) is 0 Å². The van der Waals surface area contributed by atoms with E-state index in [0.29, 0.717) is 5.56 Å². The third-order valence-electron chi connectivity index (χ3n) is 3.49. The Bertz CT molecular complexity index is 682. The number of esters is 1. The molecule has 0 unspecified atom stereocenters. The Hall–Kier alpha value is -2.18. The van der Waals surface area contributed by atoms with Gasteiger partial charge in [-0.15, -0.1) is 0 Å². The number of hydrogen-bond donors (Lipinski definition) is 1. The van der Waals surface area contributed by atoms with Gasteiger partial charge in [0.05, 0.1) is 6.61 Å². The summed E-state index contributed by atoms with van der Waals surface area (Å²) in [4.78, 5) is 47.7. The smallest absolute Gasteiger partial charge is 0.319 e. The molecule has 0 bridgehead atoms. The third-order valence-corrected chi connectivity index (χ3v) is 3.49. The van der Waals surface area contributed by atoms with E-state index in [2.05, 4.69) is 5.10 Å². The predicted molar refractivity (Wildman–Crippen MR) is 76.2 cm³/mol. The zero-order valence-electron chi connectivity index (χ0n) is 12.9. The lowest BCUT2D eigenvalue weighted by atomic mass is 9.88. The molecule has 0 aliphatic rings. The lowest BCUT2D eigenvalue weighted by molar-refractivity contribution is -0.158. The quantitative estimate of drug-likeness (QED) is 0.623. The lowest BCUT2D eigenvalue weighted by Crippen LogP contribution is -2.42. The van der Waals surface area contributed by atoms with E-state index in [-0.39, 0.29) is 18.7 Å². The van der Waals surface area contributed by atoms with Crippen LogP contribution in [0.15, 0.2) is 9.59 Å². The first-order chi connectivity index (χ1) is 9.62. The third kappa shape index (κ3) is 3.29. The van der Waals surface area contributed by atoms with E-state index < -0.39 is 28.3 Å². The standard InChI is InChI=1S/C14H20N2O5/c1-6-21-13(20)14(4,5)10(17)7-16-12(19)9(3)8(2)11(18)15-16/h6-7H2,1-5H3,(H,15,18). The van der Waals surface area contributed by atoms with Crippen molar-refractivity contribution in [1.82, 2.24) is 9.78 Å². The van der Waals surface area contributed by atoms with Crippen LogP contribution < -0.4 is 11.1 Å². The first-order valence-corrected chi connectivity index (χ1v) is 6.63. The first-order valence-electron chi connectivity index (χ1n) is 6.63. The number of H-pyrrole nitrogens is 1. The van der Waals surface area contributed by atoms with Crippen molar-refractivity contribution in [3.63, 3.8) is 0 Å². The Balaban J connectivity index is 3.13. The van der Waals surface area contributed by atoms with Crippen LogP contribution in [0.1, 0.15) is 31.9 Å². The minimum absolute atomic E-state index is 0.163. The maximum atomic E-state index is 12.2. The number of nitrogens with zero attached hydrogens (tertiary/aromatic N) is 1. The molecule has 21 heavy (non-hydrogen) atoms. The van der Waals surface area contributed by atoms with E-state index in [4.69, 9.17) is 4.74 Å². The van der Waals surface area contributed by atoms with E-state index in [1.165, 1.54) is 27.7 Å². The number of ketones is 1. The van der Waals surface area contributed by atoms with Crippen molar-refractivity contribution in [3.05, 3.63) is 31.8 Å². The molecule has 7 heteroatoms. The second-order valence-corrected chi connectivity index (χ2v) is 5.35. The molecular weight excluding hydrogens is 276 g/mol. The number of rotatable bonds is 5. The minimum Gasteiger partial charge on any atom is -0.465 e. The Labute approximate surface area is 121 Å². The van der Waals surface area contributed by atoms with E-state index in [1.54, 1.807) is 6.92 Å². The van der Waals surface area contributed by atoms with Crippen molar-refractivity contribution >= 4 is 11.8 Å². The number of aromatic amines is 1. The average Bonchev–Trinajstić information content (AvgIpc) is 2.42. The maximum Gasteiger partial charge on any atom is 0.319 e. The Kier molecular flexibility index (Phi) is 4.88. The van der Waals surface area contributed by atoms with Crippen LogP contribution >= 0.6 is 0 Å². The van der Waals surface area contributed by atoms with Gasteiger partial charge in [0.1, 0.15) is 12.0 Å². The highest BCUT2D eigenvalue weighted by atomic mass is 16.5. The van der Waals surface area contributed by atoms with Gasteiger partial charge in [0.15, 0.2) is 5.78 Å². The second kappa shape index (κ2) is 6.07. The molecule has 0 atom stereocenters. The van der Waals surface area contributed by atoms with Crippen LogP contribution in [0.2, 0.25) is 0 Å². The molecule has 116 valence electrons. The van der Waals surface area contributed by atoms with E-state index in [1.807, 2.05) is 0 Å². The van der Waals surface area contributed by atoms with Gasteiger partial charge in [-0.2, -0.15) is 0 Å². The second-order valence-electron chi connectivity index (χ2n) is 5.35. The molecule has 1 heterocycles. The molecule has 0 aliphatic carbocycles. The molecule has 0 spiro atoms. The minimum atomic E-state index is -1.38. The maximum absolute atomic E-state index is 12.2. The number of carbonyl (C=O) groups is 2. The number of aromatic nitrogens is 2. The highest BCUT2D eigenvalue weighted by Gasteiger charge is 2.37. The summed E-state index contributed by atoms with van der Waals surface area (Å²) in [6.45, 7) is 7.32. The molecule has 0 radical (unpaired) electrons. The van der Waals surface area contributed by atoms with Crippen molar-refractivity contribution in [2.75, 3.05) is 6.61 Å². The van der Waals surface area contributed by atoms with Gasteiger partial charge in [-0.1, -0.05) is 0 Å². The van der Waals surface area contributed by atoms with Crippen LogP contribution in [0.3, 0.4) is 0 Å². The summed E-state index contributed by atoms with van der Waals surface area (Å²) in [5.41, 5.74) is -1.69. The van der Waals surface area contributed by atoms with Crippen molar-refractivity contribution in [2.45, 2.75) is 41.2 Å². The van der Waals surface area contributed by atoms with Gasteiger partial charge >= 0.3 is 5.97 Å². The molecule has 1 aromatic heterocycles. The molecule has 0 saturated carbocycles. The normalized spacial score (nSPS) is 11.3. The Morgan fingerprint density at radius 1 is 1.19 bits per heavy atom. The fourth-order valence-corrected chi connectivity index (χ4v) is 1.67. The number of ether oxygens (including phenoxy) is 1. The largest absolute Gasteiger partial charge is 0.465 e. The Morgan fingerprint density at radius 2 is 1.76 bits per heavy atom. The summed E-state index contributed by atoms with van der Waals surface area (Å²) in [6.07, 6.45) is 0. The molecule has 1 N–H and O–H groups in total. The number of Topliss-reactive ketones (excluding diaryl/α,β-unsaturated/α-hetero) is 1. The highest BCUT2D eigenvalue weighted by Crippen LogP contribution is 2.19. The summed E-state index contributed by atoms with van der Waals surface area (Å²) >= 11 is 0. The van der Waals surface area contributed by atoms with Gasteiger partial charge in [0.2, 0.25) is 0 Å². The first kappa shape index (κ1) is 16.9. The van der Waals surface area contributed by atoms with Gasteiger partial charge in [0.25, 0.3) is 11.1 Å². The topological polar surface area (TPSA) is 98.2 Å². The van der Waals surface area contributed by atoms with Gasteiger partial charge < -0.3 is 4.74 Å². The number of carbonyl (C=O) groups excluding carboxylic acids is 2. The van der Waals surface area contributed by atoms with Crippen LogP contribution in [-0.4, -0.2) is 28.1 Å². The lowest BCUT2D eigenvalue weighted by Gasteiger charge is -2.21. The molecule has 7 nitrogen and oxygen atoms in total. The number of hydrogen-bond acceptors (Lipinski definition) is 5. The van der Waals surface area contributed by atoms with Crippen molar-refractivity contribution < 1.29 is 14.3 Å². The molecule has 0 aromatic carbocycles. The van der Waals surface area contributed by atoms with Crippen LogP contribution in [0, 0.1) is 19.3 Å². The predicted octanol–water partition coefficient (Wildman–Crippen LogP) is 0.312. The van der Waals surface area contributed by atoms with Crippen LogP contribution in [0.25, 0.3) is 0 Å². The molecule has 0 amide bonds. The molecule has 0 aliphatic heterocycles. The molecule has 1 rings (SSSR count). The molecular formula is C14H20N2O5. The monoisotopic (exact) mass is 296 g/mol. The summed E-state index contributed by atoms with van der Waals surface area (Å²) in [5, 5.41) is 2.33. The summed E-state index contributed by atoms with van der Waals surface area (Å²) in [7, 11) is 0. The summed E-state index contributed by atoms with van der Waals surface area (Å²) in [6, 6.07) is 0. The van der Waals surface area contributed by atoms with Crippen molar-refractivity contribution in [2.24, 2.45) is 5.41 Å². The van der Waals surface area contributed by atoms with Gasteiger partial charge in [0, 0.05) is 11.1 Å². The van der Waals surface area contributed by atoms with Gasteiger partial charge in [-0.05, 0) is 34.6 Å². The van der Waals surface area contributed by atoms with Crippen LogP contribution in [-0.2, 0) is 20.9 Å². The van der Waals surface area contributed by atoms with Gasteiger partial charge in [-0.3, -0.25) is 24.3 Å². The average molecular weight is 296 g/mol. The zero-order valence-corrected chi connectivity index (χ0v) is 12.9. The highest BCUT2D eigenvalue weighted by molar-refractivity contribution is 6.02. The van der Waals surface area contributed by atoms with Gasteiger partial charge in [-0.25, -0.2) is 4.68 Å². The van der Waals surface area contributed by atoms with E-state index >= 15 is 0 Å².